The molecule has 0 saturated carbocycles. The first-order valence-electron chi connectivity index (χ1n) is 4.53. The van der Waals surface area contributed by atoms with Crippen LogP contribution in [-0.4, -0.2) is 11.2 Å². The summed E-state index contributed by atoms with van der Waals surface area (Å²) < 4.78 is 0. The summed E-state index contributed by atoms with van der Waals surface area (Å²) in [7, 11) is 0. The molecule has 0 heterocycles. The van der Waals surface area contributed by atoms with Crippen molar-refractivity contribution in [1.82, 2.24) is 0 Å². The monoisotopic (exact) mass is 168 g/mol. The molecule has 0 aliphatic heterocycles. The second-order valence-corrected chi connectivity index (χ2v) is 3.49. The third-order valence-electron chi connectivity index (χ3n) is 2.27. The molecule has 0 radical (unpaired) electrons. The smallest absolute Gasteiger partial charge is 0.0603 e. The number of rotatable bonds is 5. The molecule has 0 aromatic rings. The number of allylic oxidation sites excluding steroid dienone is 2. The fraction of sp³-hybridized carbons (Fsp3) is 0.636. The summed E-state index contributed by atoms with van der Waals surface area (Å²) in [6.45, 7) is 9.65. The summed E-state index contributed by atoms with van der Waals surface area (Å²) >= 11 is 0. The van der Waals surface area contributed by atoms with Crippen LogP contribution in [0.5, 0.6) is 0 Å². The fourth-order valence-electron chi connectivity index (χ4n) is 1.08. The molecule has 2 unspecified atom stereocenters. The van der Waals surface area contributed by atoms with Crippen molar-refractivity contribution in [3.63, 3.8) is 0 Å². The Kier molecular flexibility index (Phi) is 4.91. The number of hydrogen-bond donors (Lipinski definition) is 1. The lowest BCUT2D eigenvalue weighted by molar-refractivity contribution is 0.0889. The second-order valence-electron chi connectivity index (χ2n) is 3.49. The zero-order valence-corrected chi connectivity index (χ0v) is 8.38. The predicted octanol–water partition coefficient (Wildman–Crippen LogP) is 2.92. The van der Waals surface area contributed by atoms with Gasteiger partial charge < -0.3 is 5.11 Å². The maximum absolute atomic E-state index is 9.53. The van der Waals surface area contributed by atoms with Crippen molar-refractivity contribution >= 4 is 0 Å². The first-order chi connectivity index (χ1) is 5.56. The normalized spacial score (nSPS) is 19.0. The molecule has 0 fully saturated rings. The molecule has 0 spiro atoms. The van der Waals surface area contributed by atoms with Crippen molar-refractivity contribution in [2.45, 2.75) is 39.7 Å². The van der Waals surface area contributed by atoms with Crippen molar-refractivity contribution in [2.24, 2.45) is 5.41 Å². The summed E-state index contributed by atoms with van der Waals surface area (Å²) in [5, 5.41) is 9.53. The molecule has 1 nitrogen and oxygen atoms in total. The Morgan fingerprint density at radius 2 is 2.17 bits per heavy atom. The highest BCUT2D eigenvalue weighted by Gasteiger charge is 2.24. The summed E-state index contributed by atoms with van der Waals surface area (Å²) in [6, 6.07) is 0. The Morgan fingerprint density at radius 1 is 1.58 bits per heavy atom. The molecule has 0 bridgehead atoms. The molecule has 12 heavy (non-hydrogen) atoms. The molecular formula is C11H20O. The van der Waals surface area contributed by atoms with Crippen LogP contribution in [0.3, 0.4) is 0 Å². The Bertz CT molecular complexity index is 158. The van der Waals surface area contributed by atoms with Crippen molar-refractivity contribution < 1.29 is 5.11 Å². The van der Waals surface area contributed by atoms with E-state index >= 15 is 0 Å². The van der Waals surface area contributed by atoms with Gasteiger partial charge in [0.05, 0.1) is 6.10 Å². The lowest BCUT2D eigenvalue weighted by Crippen LogP contribution is -2.26. The average Bonchev–Trinajstić information content (AvgIpc) is 2.01. The summed E-state index contributed by atoms with van der Waals surface area (Å²) in [5.41, 5.74) is -0.141. The van der Waals surface area contributed by atoms with E-state index in [9.17, 15) is 5.11 Å². The highest BCUT2D eigenvalue weighted by molar-refractivity contribution is 5.02. The van der Waals surface area contributed by atoms with E-state index in [1.165, 1.54) is 0 Å². The molecule has 1 heteroatoms. The number of hydrogen-bond acceptors (Lipinski definition) is 1. The van der Waals surface area contributed by atoms with Gasteiger partial charge >= 0.3 is 0 Å². The highest BCUT2D eigenvalue weighted by atomic mass is 16.3. The Labute approximate surface area is 75.8 Å². The first-order valence-corrected chi connectivity index (χ1v) is 4.53. The van der Waals surface area contributed by atoms with E-state index in [4.69, 9.17) is 0 Å². The van der Waals surface area contributed by atoms with E-state index < -0.39 is 0 Å². The van der Waals surface area contributed by atoms with Gasteiger partial charge in [0.2, 0.25) is 0 Å². The van der Waals surface area contributed by atoms with E-state index in [1.807, 2.05) is 19.9 Å². The maximum Gasteiger partial charge on any atom is 0.0603 e. The van der Waals surface area contributed by atoms with Crippen LogP contribution in [0.4, 0.5) is 0 Å². The van der Waals surface area contributed by atoms with Gasteiger partial charge in [-0.05, 0) is 19.8 Å². The largest absolute Gasteiger partial charge is 0.393 e. The minimum atomic E-state index is -0.321. The third kappa shape index (κ3) is 3.22. The van der Waals surface area contributed by atoms with E-state index in [-0.39, 0.29) is 11.5 Å². The molecular weight excluding hydrogens is 148 g/mol. The molecule has 0 rings (SSSR count). The van der Waals surface area contributed by atoms with Gasteiger partial charge in [-0.15, -0.1) is 6.58 Å². The molecule has 0 aliphatic rings. The van der Waals surface area contributed by atoms with Crippen LogP contribution >= 0.6 is 0 Å². The van der Waals surface area contributed by atoms with Crippen molar-refractivity contribution in [3.8, 4) is 0 Å². The quantitative estimate of drug-likeness (QED) is 0.626. The Morgan fingerprint density at radius 3 is 2.50 bits per heavy atom. The van der Waals surface area contributed by atoms with Gasteiger partial charge in [-0.25, -0.2) is 0 Å². The molecule has 0 aromatic carbocycles. The SMILES string of the molecule is C=CCC(C)(/C=C/CC)C(C)O. The molecule has 1 N–H and O–H groups in total. The lowest BCUT2D eigenvalue weighted by atomic mass is 9.81. The van der Waals surface area contributed by atoms with Gasteiger partial charge in [-0.1, -0.05) is 32.1 Å². The zero-order chi connectivity index (χ0) is 9.61. The molecule has 70 valence electrons. The lowest BCUT2D eigenvalue weighted by Gasteiger charge is -2.27. The summed E-state index contributed by atoms with van der Waals surface area (Å²) in [4.78, 5) is 0. The number of aliphatic hydroxyl groups is 1. The molecule has 0 aliphatic carbocycles. The maximum atomic E-state index is 9.53. The van der Waals surface area contributed by atoms with Crippen LogP contribution in [0.25, 0.3) is 0 Å². The topological polar surface area (TPSA) is 20.2 Å². The van der Waals surface area contributed by atoms with E-state index in [0.717, 1.165) is 12.8 Å². The van der Waals surface area contributed by atoms with E-state index in [1.54, 1.807) is 0 Å². The fourth-order valence-corrected chi connectivity index (χ4v) is 1.08. The summed E-state index contributed by atoms with van der Waals surface area (Å²) in [5.74, 6) is 0. The van der Waals surface area contributed by atoms with Crippen LogP contribution < -0.4 is 0 Å². The molecule has 0 saturated heterocycles. The first kappa shape index (κ1) is 11.4. The standard InChI is InChI=1S/C11H20O/c1-5-7-9-11(4,8-6-2)10(3)12/h6-7,9-10,12H,2,5,8H2,1,3-4H3/b9-7+. The molecule has 2 atom stereocenters. The van der Waals surface area contributed by atoms with Crippen molar-refractivity contribution in [1.29, 1.82) is 0 Å². The second kappa shape index (κ2) is 5.15. The zero-order valence-electron chi connectivity index (χ0n) is 8.38. The van der Waals surface area contributed by atoms with Gasteiger partial charge in [0.25, 0.3) is 0 Å². The van der Waals surface area contributed by atoms with Crippen LogP contribution in [0.2, 0.25) is 0 Å². The van der Waals surface area contributed by atoms with Crippen LogP contribution in [0, 0.1) is 5.41 Å². The van der Waals surface area contributed by atoms with E-state index in [0.29, 0.717) is 0 Å². The predicted molar refractivity (Wildman–Crippen MR) is 54.0 cm³/mol. The van der Waals surface area contributed by atoms with Gasteiger partial charge in [-0.2, -0.15) is 0 Å². The van der Waals surface area contributed by atoms with Gasteiger partial charge in [-0.3, -0.25) is 0 Å². The van der Waals surface area contributed by atoms with Crippen molar-refractivity contribution in [3.05, 3.63) is 24.8 Å². The molecule has 0 aromatic heterocycles. The average molecular weight is 168 g/mol. The van der Waals surface area contributed by atoms with Crippen molar-refractivity contribution in [2.75, 3.05) is 0 Å². The van der Waals surface area contributed by atoms with E-state index in [2.05, 4.69) is 25.7 Å². The third-order valence-corrected chi connectivity index (χ3v) is 2.27. The van der Waals surface area contributed by atoms with Gasteiger partial charge in [0.1, 0.15) is 0 Å². The summed E-state index contributed by atoms with van der Waals surface area (Å²) in [6.07, 6.45) is 7.54. The van der Waals surface area contributed by atoms with Crippen LogP contribution in [-0.2, 0) is 0 Å². The highest BCUT2D eigenvalue weighted by Crippen LogP contribution is 2.28. The number of aliphatic hydroxyl groups excluding tert-OH is 1. The Hall–Kier alpha value is -0.560. The van der Waals surface area contributed by atoms with Crippen LogP contribution in [0.1, 0.15) is 33.6 Å². The van der Waals surface area contributed by atoms with Gasteiger partial charge in [0.15, 0.2) is 0 Å². The molecule has 0 amide bonds. The minimum absolute atomic E-state index is 0.141. The van der Waals surface area contributed by atoms with Crippen LogP contribution in [0.15, 0.2) is 24.8 Å². The minimum Gasteiger partial charge on any atom is -0.393 e. The Balaban J connectivity index is 4.37. The van der Waals surface area contributed by atoms with Gasteiger partial charge in [0, 0.05) is 5.41 Å².